The van der Waals surface area contributed by atoms with Crippen LogP contribution in [0.3, 0.4) is 0 Å². The maximum Gasteiger partial charge on any atom is 0.123 e. The van der Waals surface area contributed by atoms with Crippen LogP contribution in [0.25, 0.3) is 0 Å². The first-order valence-corrected chi connectivity index (χ1v) is 9.49. The summed E-state index contributed by atoms with van der Waals surface area (Å²) in [5, 5.41) is 3.66. The Bertz CT molecular complexity index is 824. The van der Waals surface area contributed by atoms with Gasteiger partial charge in [-0.05, 0) is 47.4 Å². The van der Waals surface area contributed by atoms with E-state index >= 15 is 0 Å². The van der Waals surface area contributed by atoms with Crippen molar-refractivity contribution in [1.82, 2.24) is 5.32 Å². The van der Waals surface area contributed by atoms with Crippen molar-refractivity contribution in [2.75, 3.05) is 0 Å². The van der Waals surface area contributed by atoms with E-state index in [0.717, 1.165) is 30.7 Å². The quantitative estimate of drug-likeness (QED) is 0.446. The third kappa shape index (κ3) is 6.66. The lowest BCUT2D eigenvalue weighted by Gasteiger charge is -2.19. The number of benzene rings is 3. The largest absolute Gasteiger partial charge is 0.489 e. The summed E-state index contributed by atoms with van der Waals surface area (Å²) in [6.45, 7) is 3.43. The molecule has 148 valence electrons. The molecule has 0 spiro atoms. The standard InChI is InChI=1S/C24H26FNO.ClH/c1-2-7-24(21-9-4-3-5-10-21)26-17-20-8-6-11-23(16-20)27-18-19-12-14-22(25)15-13-19;/h3-6,8-16,24,26H,2,7,17-18H2,1H3;1H. The van der Waals surface area contributed by atoms with E-state index in [9.17, 15) is 4.39 Å². The Balaban J connectivity index is 0.00000280. The Morgan fingerprint density at radius 1 is 0.893 bits per heavy atom. The molecule has 0 saturated carbocycles. The van der Waals surface area contributed by atoms with Crippen molar-refractivity contribution in [3.8, 4) is 5.75 Å². The van der Waals surface area contributed by atoms with E-state index in [-0.39, 0.29) is 18.2 Å². The van der Waals surface area contributed by atoms with E-state index in [4.69, 9.17) is 4.74 Å². The first-order valence-electron chi connectivity index (χ1n) is 9.49. The summed E-state index contributed by atoms with van der Waals surface area (Å²) in [4.78, 5) is 0. The second kappa shape index (κ2) is 11.5. The molecule has 0 fully saturated rings. The van der Waals surface area contributed by atoms with Crippen LogP contribution in [-0.2, 0) is 13.2 Å². The average Bonchev–Trinajstić information content (AvgIpc) is 2.72. The van der Waals surface area contributed by atoms with Crippen molar-refractivity contribution >= 4 is 12.4 Å². The molecule has 0 saturated heterocycles. The molecular formula is C24H27ClFNO. The van der Waals surface area contributed by atoms with Crippen LogP contribution in [0.2, 0.25) is 0 Å². The molecule has 0 aliphatic heterocycles. The highest BCUT2D eigenvalue weighted by Gasteiger charge is 2.09. The van der Waals surface area contributed by atoms with E-state index in [1.165, 1.54) is 23.3 Å². The fraction of sp³-hybridized carbons (Fsp3) is 0.250. The van der Waals surface area contributed by atoms with Gasteiger partial charge < -0.3 is 10.1 Å². The number of halogens is 2. The van der Waals surface area contributed by atoms with Crippen molar-refractivity contribution in [3.63, 3.8) is 0 Å². The number of hydrogen-bond acceptors (Lipinski definition) is 2. The Kier molecular flexibility index (Phi) is 8.99. The molecule has 1 unspecified atom stereocenters. The van der Waals surface area contributed by atoms with Crippen molar-refractivity contribution in [2.45, 2.75) is 39.0 Å². The van der Waals surface area contributed by atoms with Gasteiger partial charge in [0.1, 0.15) is 18.2 Å². The van der Waals surface area contributed by atoms with Gasteiger partial charge in [0, 0.05) is 12.6 Å². The highest BCUT2D eigenvalue weighted by molar-refractivity contribution is 5.85. The molecule has 3 rings (SSSR count). The van der Waals surface area contributed by atoms with Crippen LogP contribution in [0.4, 0.5) is 4.39 Å². The molecule has 0 heterocycles. The summed E-state index contributed by atoms with van der Waals surface area (Å²) in [6.07, 6.45) is 2.23. The van der Waals surface area contributed by atoms with Crippen LogP contribution >= 0.6 is 12.4 Å². The highest BCUT2D eigenvalue weighted by Crippen LogP contribution is 2.20. The minimum absolute atomic E-state index is 0. The van der Waals surface area contributed by atoms with Crippen LogP contribution in [0.15, 0.2) is 78.9 Å². The molecule has 3 aromatic carbocycles. The molecule has 2 nitrogen and oxygen atoms in total. The molecular weight excluding hydrogens is 373 g/mol. The van der Waals surface area contributed by atoms with Gasteiger partial charge in [0.2, 0.25) is 0 Å². The topological polar surface area (TPSA) is 21.3 Å². The van der Waals surface area contributed by atoms with Gasteiger partial charge >= 0.3 is 0 Å². The lowest BCUT2D eigenvalue weighted by atomic mass is 10.0. The molecule has 0 aliphatic rings. The highest BCUT2D eigenvalue weighted by atomic mass is 35.5. The molecule has 28 heavy (non-hydrogen) atoms. The first kappa shape index (κ1) is 21.9. The van der Waals surface area contributed by atoms with Gasteiger partial charge in [-0.15, -0.1) is 12.4 Å². The number of ether oxygens (including phenoxy) is 1. The van der Waals surface area contributed by atoms with Gasteiger partial charge in [0.25, 0.3) is 0 Å². The summed E-state index contributed by atoms with van der Waals surface area (Å²) in [6, 6.07) is 25.4. The van der Waals surface area contributed by atoms with Crippen molar-refractivity contribution in [3.05, 3.63) is 101 Å². The lowest BCUT2D eigenvalue weighted by molar-refractivity contribution is 0.305. The number of rotatable bonds is 9. The Labute approximate surface area is 173 Å². The van der Waals surface area contributed by atoms with E-state index in [1.807, 2.05) is 12.1 Å². The summed E-state index contributed by atoms with van der Waals surface area (Å²) in [7, 11) is 0. The van der Waals surface area contributed by atoms with Crippen LogP contribution in [0.1, 0.15) is 42.5 Å². The number of nitrogens with one attached hydrogen (secondary N) is 1. The zero-order valence-corrected chi connectivity index (χ0v) is 16.9. The Morgan fingerprint density at radius 3 is 2.36 bits per heavy atom. The van der Waals surface area contributed by atoms with Gasteiger partial charge in [0.15, 0.2) is 0 Å². The molecule has 0 amide bonds. The van der Waals surface area contributed by atoms with Gasteiger partial charge in [-0.2, -0.15) is 0 Å². The molecule has 0 bridgehead atoms. The molecule has 4 heteroatoms. The molecule has 3 aromatic rings. The minimum Gasteiger partial charge on any atom is -0.489 e. The number of hydrogen-bond donors (Lipinski definition) is 1. The summed E-state index contributed by atoms with van der Waals surface area (Å²) >= 11 is 0. The van der Waals surface area contributed by atoms with Crippen LogP contribution < -0.4 is 10.1 Å². The van der Waals surface area contributed by atoms with Gasteiger partial charge in [0.05, 0.1) is 0 Å². The van der Waals surface area contributed by atoms with Gasteiger partial charge in [-0.25, -0.2) is 4.39 Å². The fourth-order valence-corrected chi connectivity index (χ4v) is 3.09. The lowest BCUT2D eigenvalue weighted by Crippen LogP contribution is -2.20. The van der Waals surface area contributed by atoms with E-state index in [0.29, 0.717) is 12.6 Å². The van der Waals surface area contributed by atoms with E-state index in [2.05, 4.69) is 54.7 Å². The van der Waals surface area contributed by atoms with Crippen molar-refractivity contribution < 1.29 is 9.13 Å². The van der Waals surface area contributed by atoms with E-state index in [1.54, 1.807) is 12.1 Å². The fourth-order valence-electron chi connectivity index (χ4n) is 3.09. The molecule has 1 N–H and O–H groups in total. The summed E-state index contributed by atoms with van der Waals surface area (Å²) in [5.41, 5.74) is 3.46. The van der Waals surface area contributed by atoms with Gasteiger partial charge in [-0.3, -0.25) is 0 Å². The second-order valence-electron chi connectivity index (χ2n) is 6.70. The predicted molar refractivity (Wildman–Crippen MR) is 115 cm³/mol. The Hall–Kier alpha value is -2.36. The van der Waals surface area contributed by atoms with Crippen LogP contribution in [0, 0.1) is 5.82 Å². The minimum atomic E-state index is -0.230. The maximum atomic E-state index is 13.0. The van der Waals surface area contributed by atoms with Crippen molar-refractivity contribution in [2.24, 2.45) is 0 Å². The molecule has 0 aliphatic carbocycles. The maximum absolute atomic E-state index is 13.0. The van der Waals surface area contributed by atoms with Crippen molar-refractivity contribution in [1.29, 1.82) is 0 Å². The zero-order chi connectivity index (χ0) is 18.9. The molecule has 0 radical (unpaired) electrons. The summed E-state index contributed by atoms with van der Waals surface area (Å²) < 4.78 is 18.8. The van der Waals surface area contributed by atoms with Crippen LogP contribution in [0.5, 0.6) is 5.75 Å². The summed E-state index contributed by atoms with van der Waals surface area (Å²) in [5.74, 6) is 0.595. The molecule has 1 atom stereocenters. The Morgan fingerprint density at radius 2 is 1.64 bits per heavy atom. The average molecular weight is 400 g/mol. The third-order valence-corrected chi connectivity index (χ3v) is 4.55. The van der Waals surface area contributed by atoms with Crippen LogP contribution in [-0.4, -0.2) is 0 Å². The monoisotopic (exact) mass is 399 g/mol. The second-order valence-corrected chi connectivity index (χ2v) is 6.70. The van der Waals surface area contributed by atoms with Gasteiger partial charge in [-0.1, -0.05) is 67.9 Å². The van der Waals surface area contributed by atoms with E-state index < -0.39 is 0 Å². The third-order valence-electron chi connectivity index (χ3n) is 4.55. The zero-order valence-electron chi connectivity index (χ0n) is 16.1. The molecule has 0 aromatic heterocycles. The first-order chi connectivity index (χ1) is 13.2. The normalized spacial score (nSPS) is 11.5. The smallest absolute Gasteiger partial charge is 0.123 e. The SMILES string of the molecule is CCCC(NCc1cccc(OCc2ccc(F)cc2)c1)c1ccccc1.Cl. The predicted octanol–water partition coefficient (Wildman–Crippen LogP) is 6.46.